The second kappa shape index (κ2) is 16.5. The average Bonchev–Trinajstić information content (AvgIpc) is 3.42. The predicted molar refractivity (Wildman–Crippen MR) is 288 cm³/mol. The Morgan fingerprint density at radius 2 is 0.721 bits per heavy atom. The summed E-state index contributed by atoms with van der Waals surface area (Å²) < 4.78 is 0. The number of rotatable bonds is 7. The predicted octanol–water partition coefficient (Wildman–Crippen LogP) is 17.9. The van der Waals surface area contributed by atoms with E-state index in [1.165, 1.54) is 87.2 Å². The maximum absolute atomic E-state index is 5.26. The Balaban J connectivity index is 0.955. The Hall–Kier alpha value is -8.98. The lowest BCUT2D eigenvalue weighted by atomic mass is 9.82. The van der Waals surface area contributed by atoms with Crippen LogP contribution in [0.1, 0.15) is 0 Å². The topological polar surface area (TPSA) is 25.8 Å². The minimum atomic E-state index is 0.696. The molecular weight excluding hydrogens is 821 g/mol. The summed E-state index contributed by atoms with van der Waals surface area (Å²) in [5.74, 6) is 0.696. The summed E-state index contributed by atoms with van der Waals surface area (Å²) in [5, 5.41) is 12.4. The van der Waals surface area contributed by atoms with E-state index in [0.717, 1.165) is 39.2 Å². The highest BCUT2D eigenvalue weighted by molar-refractivity contribution is 6.29. The lowest BCUT2D eigenvalue weighted by molar-refractivity contribution is 1.18. The molecule has 0 fully saturated rings. The third kappa shape index (κ3) is 6.65. The van der Waals surface area contributed by atoms with Crippen molar-refractivity contribution >= 4 is 53.9 Å². The summed E-state index contributed by atoms with van der Waals surface area (Å²) in [7, 11) is 0. The van der Waals surface area contributed by atoms with Gasteiger partial charge in [-0.3, -0.25) is 0 Å². The standard InChI is InChI=1S/C66H42N2/c1-3-20-47(21-4-1)63-57-31-15-16-32-58(57)64(60-39-38-44-19-8-10-26-51(44)65(60)63)59-41-40-50(52-27-11-12-29-55(52)59)45-34-36-46(37-35-45)61-42-62(68-66(67-61)48-22-5-2-6-23-48)56-30-14-13-28-54(56)53-33-17-24-43-18-7-9-25-49(43)53/h1-42H. The molecule has 0 aliphatic carbocycles. The lowest BCUT2D eigenvalue weighted by Crippen LogP contribution is -1.97. The van der Waals surface area contributed by atoms with Gasteiger partial charge in [0, 0.05) is 16.7 Å². The zero-order valence-corrected chi connectivity index (χ0v) is 37.1. The minimum absolute atomic E-state index is 0.696. The quantitative estimate of drug-likeness (QED) is 0.118. The normalized spacial score (nSPS) is 11.5. The number of hydrogen-bond acceptors (Lipinski definition) is 2. The second-order valence-corrected chi connectivity index (χ2v) is 17.6. The molecule has 13 aromatic rings. The van der Waals surface area contributed by atoms with Crippen LogP contribution in [0.2, 0.25) is 0 Å². The first-order valence-corrected chi connectivity index (χ1v) is 23.3. The smallest absolute Gasteiger partial charge is 0.160 e. The fourth-order valence-corrected chi connectivity index (χ4v) is 10.6. The highest BCUT2D eigenvalue weighted by atomic mass is 14.9. The van der Waals surface area contributed by atoms with E-state index >= 15 is 0 Å². The fraction of sp³-hybridized carbons (Fsp3) is 0. The Labute approximate surface area is 395 Å². The zero-order chi connectivity index (χ0) is 45.0. The molecule has 0 saturated carbocycles. The van der Waals surface area contributed by atoms with Crippen LogP contribution in [0.3, 0.4) is 0 Å². The molecule has 13 rings (SSSR count). The zero-order valence-electron chi connectivity index (χ0n) is 37.1. The van der Waals surface area contributed by atoms with Crippen molar-refractivity contribution in [2.75, 3.05) is 0 Å². The molecule has 0 saturated heterocycles. The van der Waals surface area contributed by atoms with Gasteiger partial charge in [-0.25, -0.2) is 9.97 Å². The fourth-order valence-electron chi connectivity index (χ4n) is 10.6. The molecule has 1 heterocycles. The van der Waals surface area contributed by atoms with Crippen LogP contribution < -0.4 is 0 Å². The van der Waals surface area contributed by atoms with Crippen LogP contribution in [0.5, 0.6) is 0 Å². The Morgan fingerprint density at radius 3 is 1.46 bits per heavy atom. The largest absolute Gasteiger partial charge is 0.228 e. The van der Waals surface area contributed by atoms with Crippen LogP contribution in [-0.2, 0) is 0 Å². The number of benzene rings is 12. The molecule has 68 heavy (non-hydrogen) atoms. The molecule has 316 valence electrons. The van der Waals surface area contributed by atoms with Crippen LogP contribution >= 0.6 is 0 Å². The molecule has 0 atom stereocenters. The van der Waals surface area contributed by atoms with Crippen LogP contribution in [0.4, 0.5) is 0 Å². The SMILES string of the molecule is c1ccc(-c2nc(-c3ccc(-c4ccc(-c5c6ccccc6c(-c6ccccc6)c6c5ccc5ccccc56)c5ccccc45)cc3)cc(-c3ccccc3-c3cccc4ccccc34)n2)cc1. The van der Waals surface area contributed by atoms with E-state index in [9.17, 15) is 0 Å². The van der Waals surface area contributed by atoms with Crippen molar-refractivity contribution in [3.05, 3.63) is 255 Å². The van der Waals surface area contributed by atoms with E-state index in [0.29, 0.717) is 5.82 Å². The average molecular weight is 863 g/mol. The van der Waals surface area contributed by atoms with Gasteiger partial charge in [0.2, 0.25) is 0 Å². The molecule has 2 nitrogen and oxygen atoms in total. The molecule has 0 radical (unpaired) electrons. The van der Waals surface area contributed by atoms with Crippen LogP contribution in [-0.4, -0.2) is 9.97 Å². The number of fused-ring (bicyclic) bond motifs is 6. The van der Waals surface area contributed by atoms with Gasteiger partial charge < -0.3 is 0 Å². The Bertz CT molecular complexity index is 4060. The molecule has 0 bridgehead atoms. The summed E-state index contributed by atoms with van der Waals surface area (Å²) in [5.41, 5.74) is 14.5. The van der Waals surface area contributed by atoms with Gasteiger partial charge in [0.1, 0.15) is 0 Å². The molecule has 0 N–H and O–H groups in total. The lowest BCUT2D eigenvalue weighted by Gasteiger charge is -2.21. The first-order valence-electron chi connectivity index (χ1n) is 23.3. The van der Waals surface area contributed by atoms with Crippen molar-refractivity contribution in [2.24, 2.45) is 0 Å². The van der Waals surface area contributed by atoms with Gasteiger partial charge in [0.25, 0.3) is 0 Å². The number of aromatic nitrogens is 2. The van der Waals surface area contributed by atoms with Crippen LogP contribution in [0.15, 0.2) is 255 Å². The van der Waals surface area contributed by atoms with Gasteiger partial charge in [-0.2, -0.15) is 0 Å². The maximum Gasteiger partial charge on any atom is 0.160 e. The van der Waals surface area contributed by atoms with Gasteiger partial charge in [-0.05, 0) is 104 Å². The van der Waals surface area contributed by atoms with E-state index in [2.05, 4.69) is 237 Å². The first kappa shape index (κ1) is 39.4. The van der Waals surface area contributed by atoms with E-state index in [1.54, 1.807) is 0 Å². The molecule has 0 unspecified atom stereocenters. The number of nitrogens with zero attached hydrogens (tertiary/aromatic N) is 2. The number of hydrogen-bond donors (Lipinski definition) is 0. The molecule has 0 aliphatic rings. The van der Waals surface area contributed by atoms with Crippen molar-refractivity contribution in [1.29, 1.82) is 0 Å². The maximum atomic E-state index is 5.26. The van der Waals surface area contributed by atoms with Crippen molar-refractivity contribution in [3.8, 4) is 78.4 Å². The monoisotopic (exact) mass is 862 g/mol. The van der Waals surface area contributed by atoms with E-state index < -0.39 is 0 Å². The summed E-state index contributed by atoms with van der Waals surface area (Å²) >= 11 is 0. The molecule has 1 aromatic heterocycles. The Kier molecular flexibility index (Phi) is 9.54. The molecule has 0 spiro atoms. The van der Waals surface area contributed by atoms with Gasteiger partial charge in [-0.1, -0.05) is 249 Å². The molecule has 0 amide bonds. The van der Waals surface area contributed by atoms with E-state index in [4.69, 9.17) is 9.97 Å². The third-order valence-electron chi connectivity index (χ3n) is 13.7. The third-order valence-corrected chi connectivity index (χ3v) is 13.7. The van der Waals surface area contributed by atoms with E-state index in [1.807, 2.05) is 18.2 Å². The molecule has 12 aromatic carbocycles. The summed E-state index contributed by atoms with van der Waals surface area (Å²) in [6, 6.07) is 91.9. The van der Waals surface area contributed by atoms with Gasteiger partial charge >= 0.3 is 0 Å². The van der Waals surface area contributed by atoms with Crippen molar-refractivity contribution < 1.29 is 0 Å². The highest BCUT2D eigenvalue weighted by Gasteiger charge is 2.21. The van der Waals surface area contributed by atoms with Crippen molar-refractivity contribution in [2.45, 2.75) is 0 Å². The van der Waals surface area contributed by atoms with Crippen molar-refractivity contribution in [3.63, 3.8) is 0 Å². The van der Waals surface area contributed by atoms with Crippen LogP contribution in [0.25, 0.3) is 132 Å². The second-order valence-electron chi connectivity index (χ2n) is 17.6. The van der Waals surface area contributed by atoms with Gasteiger partial charge in [0.05, 0.1) is 11.4 Å². The summed E-state index contributed by atoms with van der Waals surface area (Å²) in [4.78, 5) is 10.5. The van der Waals surface area contributed by atoms with Gasteiger partial charge in [-0.15, -0.1) is 0 Å². The molecule has 0 aliphatic heterocycles. The summed E-state index contributed by atoms with van der Waals surface area (Å²) in [6.07, 6.45) is 0. The Morgan fingerprint density at radius 1 is 0.221 bits per heavy atom. The summed E-state index contributed by atoms with van der Waals surface area (Å²) in [6.45, 7) is 0. The first-order chi connectivity index (χ1) is 33.7. The van der Waals surface area contributed by atoms with Gasteiger partial charge in [0.15, 0.2) is 5.82 Å². The van der Waals surface area contributed by atoms with Crippen molar-refractivity contribution in [1.82, 2.24) is 9.97 Å². The molecular formula is C66H42N2. The van der Waals surface area contributed by atoms with E-state index in [-0.39, 0.29) is 0 Å². The highest BCUT2D eigenvalue weighted by Crippen LogP contribution is 2.48. The van der Waals surface area contributed by atoms with Crippen LogP contribution in [0, 0.1) is 0 Å². The minimum Gasteiger partial charge on any atom is -0.228 e. The molecule has 2 heteroatoms.